The number of rotatable bonds is 4. The van der Waals surface area contributed by atoms with E-state index in [-0.39, 0.29) is 17.6 Å². The van der Waals surface area contributed by atoms with Crippen molar-refractivity contribution in [3.8, 4) is 0 Å². The number of sulfone groups is 1. The Kier molecular flexibility index (Phi) is 5.19. The summed E-state index contributed by atoms with van der Waals surface area (Å²) in [6, 6.07) is 10.1. The van der Waals surface area contributed by atoms with Crippen LogP contribution < -0.4 is 0 Å². The fourth-order valence-electron chi connectivity index (χ4n) is 6.23. The molecule has 3 heterocycles. The van der Waals surface area contributed by atoms with E-state index in [0.717, 1.165) is 64.1 Å². The first-order chi connectivity index (χ1) is 14.5. The SMILES string of the molecule is O=C(N1CC2(C1)C(CN1CCOCC1)CCS2(=O)=O)C1(c2ccccc2)CCCC1. The molecule has 1 spiro atoms. The van der Waals surface area contributed by atoms with Gasteiger partial charge in [-0.1, -0.05) is 43.2 Å². The molecule has 4 fully saturated rings. The average Bonchev–Trinajstić information content (AvgIpc) is 3.32. The summed E-state index contributed by atoms with van der Waals surface area (Å²) in [5.41, 5.74) is 0.623. The molecule has 1 atom stereocenters. The maximum Gasteiger partial charge on any atom is 0.233 e. The first-order valence-corrected chi connectivity index (χ1v) is 13.0. The van der Waals surface area contributed by atoms with E-state index < -0.39 is 20.0 Å². The van der Waals surface area contributed by atoms with E-state index in [2.05, 4.69) is 17.0 Å². The van der Waals surface area contributed by atoms with E-state index >= 15 is 0 Å². The second kappa shape index (κ2) is 7.61. The van der Waals surface area contributed by atoms with Gasteiger partial charge in [-0.05, 0) is 30.7 Å². The van der Waals surface area contributed by atoms with Gasteiger partial charge >= 0.3 is 0 Å². The zero-order chi connectivity index (χ0) is 20.8. The molecule has 0 bridgehead atoms. The third-order valence-corrected chi connectivity index (χ3v) is 10.7. The first kappa shape index (κ1) is 20.5. The molecule has 4 aliphatic rings. The molecule has 1 aromatic rings. The summed E-state index contributed by atoms with van der Waals surface area (Å²) < 4.78 is 30.9. The Morgan fingerprint density at radius 2 is 1.73 bits per heavy atom. The highest BCUT2D eigenvalue weighted by Gasteiger charge is 2.64. The Morgan fingerprint density at radius 3 is 2.40 bits per heavy atom. The highest BCUT2D eigenvalue weighted by molar-refractivity contribution is 7.93. The minimum Gasteiger partial charge on any atom is -0.379 e. The smallest absolute Gasteiger partial charge is 0.233 e. The molecule has 1 saturated carbocycles. The van der Waals surface area contributed by atoms with Gasteiger partial charge in [-0.25, -0.2) is 8.42 Å². The molecule has 1 aliphatic carbocycles. The quantitative estimate of drug-likeness (QED) is 0.726. The molecule has 7 heteroatoms. The number of ether oxygens (including phenoxy) is 1. The number of likely N-dealkylation sites (tertiary alicyclic amines) is 1. The third kappa shape index (κ3) is 3.12. The van der Waals surface area contributed by atoms with Crippen LogP contribution in [-0.4, -0.2) is 80.6 Å². The van der Waals surface area contributed by atoms with Crippen LogP contribution in [0, 0.1) is 5.92 Å². The molecule has 1 amide bonds. The molecule has 1 aromatic carbocycles. The van der Waals surface area contributed by atoms with Crippen LogP contribution >= 0.6 is 0 Å². The monoisotopic (exact) mass is 432 g/mol. The summed E-state index contributed by atoms with van der Waals surface area (Å²) in [6.07, 6.45) is 4.55. The van der Waals surface area contributed by atoms with Crippen LogP contribution in [0.1, 0.15) is 37.7 Å². The standard InChI is InChI=1S/C23H32N2O4S/c26-21(22(9-4-5-10-22)19-6-2-1-3-7-19)25-17-23(18-25)20(8-15-30(23,27)28)16-24-11-13-29-14-12-24/h1-3,6-7,20H,4-5,8-18H2. The van der Waals surface area contributed by atoms with Gasteiger partial charge in [0.2, 0.25) is 5.91 Å². The third-order valence-electron chi connectivity index (χ3n) is 8.08. The Bertz CT molecular complexity index is 883. The predicted molar refractivity (Wildman–Crippen MR) is 115 cm³/mol. The van der Waals surface area contributed by atoms with Gasteiger partial charge in [0.1, 0.15) is 4.75 Å². The molecule has 3 aliphatic heterocycles. The molecule has 5 rings (SSSR count). The molecule has 6 nitrogen and oxygen atoms in total. The first-order valence-electron chi connectivity index (χ1n) is 11.3. The van der Waals surface area contributed by atoms with Gasteiger partial charge in [0.05, 0.1) is 24.4 Å². The van der Waals surface area contributed by atoms with Crippen LogP contribution in [-0.2, 0) is 24.8 Å². The van der Waals surface area contributed by atoms with Crippen molar-refractivity contribution in [2.24, 2.45) is 5.92 Å². The number of hydrogen-bond donors (Lipinski definition) is 0. The van der Waals surface area contributed by atoms with Crippen LogP contribution in [0.3, 0.4) is 0 Å². The Labute approximate surface area is 179 Å². The van der Waals surface area contributed by atoms with Crippen LogP contribution in [0.25, 0.3) is 0 Å². The minimum absolute atomic E-state index is 0.112. The highest BCUT2D eigenvalue weighted by Crippen LogP contribution is 2.49. The van der Waals surface area contributed by atoms with Crippen molar-refractivity contribution in [1.82, 2.24) is 9.80 Å². The van der Waals surface area contributed by atoms with E-state index in [4.69, 9.17) is 4.74 Å². The van der Waals surface area contributed by atoms with E-state index in [9.17, 15) is 13.2 Å². The number of carbonyl (C=O) groups excluding carboxylic acids is 1. The maximum absolute atomic E-state index is 13.7. The average molecular weight is 433 g/mol. The predicted octanol–water partition coefficient (Wildman–Crippen LogP) is 1.85. The number of morpholine rings is 1. The summed E-state index contributed by atoms with van der Waals surface area (Å²) in [5.74, 6) is 0.512. The fraction of sp³-hybridized carbons (Fsp3) is 0.696. The van der Waals surface area contributed by atoms with Crippen molar-refractivity contribution < 1.29 is 17.9 Å². The maximum atomic E-state index is 13.7. The van der Waals surface area contributed by atoms with Gasteiger partial charge in [-0.3, -0.25) is 9.69 Å². The summed E-state index contributed by atoms with van der Waals surface area (Å²) >= 11 is 0. The summed E-state index contributed by atoms with van der Waals surface area (Å²) in [6.45, 7) is 4.72. The normalized spacial score (nSPS) is 29.7. The number of hydrogen-bond acceptors (Lipinski definition) is 5. The van der Waals surface area contributed by atoms with Gasteiger partial charge in [0, 0.05) is 32.7 Å². The fourth-order valence-corrected chi connectivity index (χ4v) is 8.64. The topological polar surface area (TPSA) is 66.9 Å². The summed E-state index contributed by atoms with van der Waals surface area (Å²) in [4.78, 5) is 17.9. The van der Waals surface area contributed by atoms with E-state index in [1.807, 2.05) is 23.1 Å². The van der Waals surface area contributed by atoms with Crippen molar-refractivity contribution in [2.45, 2.75) is 42.3 Å². The van der Waals surface area contributed by atoms with Crippen LogP contribution in [0.15, 0.2) is 30.3 Å². The van der Waals surface area contributed by atoms with Gasteiger partial charge in [0.25, 0.3) is 0 Å². The van der Waals surface area contributed by atoms with E-state index in [1.54, 1.807) is 0 Å². The summed E-state index contributed by atoms with van der Waals surface area (Å²) in [5, 5.41) is 0. The lowest BCUT2D eigenvalue weighted by molar-refractivity contribution is -0.144. The van der Waals surface area contributed by atoms with Crippen LogP contribution in [0.5, 0.6) is 0 Å². The molecular formula is C23H32N2O4S. The molecule has 1 unspecified atom stereocenters. The van der Waals surface area contributed by atoms with E-state index in [1.165, 1.54) is 0 Å². The van der Waals surface area contributed by atoms with Crippen LogP contribution in [0.2, 0.25) is 0 Å². The lowest BCUT2D eigenvalue weighted by Gasteiger charge is -2.53. The van der Waals surface area contributed by atoms with Crippen molar-refractivity contribution >= 4 is 15.7 Å². The van der Waals surface area contributed by atoms with Crippen LogP contribution in [0.4, 0.5) is 0 Å². The van der Waals surface area contributed by atoms with Gasteiger partial charge in [-0.2, -0.15) is 0 Å². The molecule has 30 heavy (non-hydrogen) atoms. The van der Waals surface area contributed by atoms with Crippen molar-refractivity contribution in [3.05, 3.63) is 35.9 Å². The minimum atomic E-state index is -3.18. The second-order valence-corrected chi connectivity index (χ2v) is 12.0. The van der Waals surface area contributed by atoms with E-state index in [0.29, 0.717) is 19.5 Å². The lowest BCUT2D eigenvalue weighted by Crippen LogP contribution is -2.71. The molecular weight excluding hydrogens is 400 g/mol. The number of amides is 1. The largest absolute Gasteiger partial charge is 0.379 e. The van der Waals surface area contributed by atoms with Gasteiger partial charge in [-0.15, -0.1) is 0 Å². The zero-order valence-electron chi connectivity index (χ0n) is 17.6. The second-order valence-electron chi connectivity index (χ2n) is 9.60. The molecule has 164 valence electrons. The molecule has 0 radical (unpaired) electrons. The molecule has 0 aromatic heterocycles. The Hall–Kier alpha value is -1.44. The molecule has 3 saturated heterocycles. The Morgan fingerprint density at radius 1 is 1.07 bits per heavy atom. The number of nitrogens with zero attached hydrogens (tertiary/aromatic N) is 2. The van der Waals surface area contributed by atoms with Crippen molar-refractivity contribution in [2.75, 3.05) is 51.7 Å². The number of benzene rings is 1. The zero-order valence-corrected chi connectivity index (χ0v) is 18.4. The summed E-state index contributed by atoms with van der Waals surface area (Å²) in [7, 11) is -3.18. The van der Waals surface area contributed by atoms with Crippen molar-refractivity contribution in [1.29, 1.82) is 0 Å². The lowest BCUT2D eigenvalue weighted by atomic mass is 9.75. The van der Waals surface area contributed by atoms with Gasteiger partial charge in [0.15, 0.2) is 9.84 Å². The van der Waals surface area contributed by atoms with Crippen molar-refractivity contribution in [3.63, 3.8) is 0 Å². The van der Waals surface area contributed by atoms with Gasteiger partial charge < -0.3 is 9.64 Å². The molecule has 0 N–H and O–H groups in total. The highest BCUT2D eigenvalue weighted by atomic mass is 32.2. The Balaban J connectivity index is 1.35. The number of carbonyl (C=O) groups is 1.